The molecule has 2 heterocycles. The van der Waals surface area contributed by atoms with Crippen molar-refractivity contribution in [3.8, 4) is 0 Å². The summed E-state index contributed by atoms with van der Waals surface area (Å²) in [6.07, 6.45) is 2.18. The topological polar surface area (TPSA) is 101 Å². The molecule has 2 N–H and O–H groups in total. The summed E-state index contributed by atoms with van der Waals surface area (Å²) >= 11 is 0. The largest absolute Gasteiger partial charge is 0.478 e. The zero-order chi connectivity index (χ0) is 14.3. The van der Waals surface area contributed by atoms with Gasteiger partial charge < -0.3 is 5.11 Å². The van der Waals surface area contributed by atoms with Gasteiger partial charge in [-0.2, -0.15) is 5.10 Å². The van der Waals surface area contributed by atoms with E-state index >= 15 is 0 Å². The molecule has 1 aliphatic heterocycles. The number of aromatic carboxylic acids is 1. The van der Waals surface area contributed by atoms with Crippen LogP contribution in [0.5, 0.6) is 0 Å². The molecule has 7 nitrogen and oxygen atoms in total. The van der Waals surface area contributed by atoms with E-state index in [2.05, 4.69) is 10.4 Å². The van der Waals surface area contributed by atoms with Crippen LogP contribution >= 0.6 is 0 Å². The van der Waals surface area contributed by atoms with E-state index in [0.29, 0.717) is 17.3 Å². The Morgan fingerprint density at radius 2 is 2.20 bits per heavy atom. The van der Waals surface area contributed by atoms with Gasteiger partial charge in [0.25, 0.3) is 5.91 Å². The van der Waals surface area contributed by atoms with Gasteiger partial charge in [0.2, 0.25) is 5.91 Å². The number of fused-ring (bicyclic) bond motifs is 1. The molecule has 1 aliphatic rings. The molecule has 1 unspecified atom stereocenters. The molecule has 3 rings (SSSR count). The predicted molar refractivity (Wildman–Crippen MR) is 68.1 cm³/mol. The standard InChI is InChI=1S/C13H11N3O4/c17-11-4-3-10(12(18)15-11)16-9-2-1-7(13(19)20)5-8(9)6-14-16/h1-2,5-6,10H,3-4H2,(H,19,20)(H,15,17,18). The summed E-state index contributed by atoms with van der Waals surface area (Å²) in [6.45, 7) is 0. The Morgan fingerprint density at radius 3 is 2.90 bits per heavy atom. The van der Waals surface area contributed by atoms with Crippen LogP contribution in [-0.4, -0.2) is 32.7 Å². The zero-order valence-corrected chi connectivity index (χ0v) is 10.4. The lowest BCUT2D eigenvalue weighted by molar-refractivity contribution is -0.135. The number of aromatic nitrogens is 2. The average molecular weight is 273 g/mol. The molecule has 0 radical (unpaired) electrons. The van der Waals surface area contributed by atoms with Crippen LogP contribution in [0.2, 0.25) is 0 Å². The SMILES string of the molecule is O=C1CCC(n2ncc3cc(C(=O)O)ccc32)C(=O)N1. The molecule has 0 bridgehead atoms. The van der Waals surface area contributed by atoms with Crippen LogP contribution in [0.3, 0.4) is 0 Å². The lowest BCUT2D eigenvalue weighted by Gasteiger charge is -2.21. The molecule has 2 aromatic rings. The predicted octanol–water partition coefficient (Wildman–Crippen LogP) is 0.712. The van der Waals surface area contributed by atoms with E-state index in [1.54, 1.807) is 6.07 Å². The number of imide groups is 1. The van der Waals surface area contributed by atoms with E-state index in [-0.39, 0.29) is 23.8 Å². The number of benzene rings is 1. The molecule has 1 aromatic heterocycles. The molecule has 1 atom stereocenters. The third kappa shape index (κ3) is 1.93. The van der Waals surface area contributed by atoms with Gasteiger partial charge >= 0.3 is 5.97 Å². The van der Waals surface area contributed by atoms with Crippen molar-refractivity contribution in [2.75, 3.05) is 0 Å². The minimum absolute atomic E-state index is 0.167. The number of carbonyl (C=O) groups excluding carboxylic acids is 2. The number of carbonyl (C=O) groups is 3. The number of carboxylic acid groups (broad SMARTS) is 1. The fourth-order valence-corrected chi connectivity index (χ4v) is 2.35. The number of nitrogens with one attached hydrogen (secondary N) is 1. The summed E-state index contributed by atoms with van der Waals surface area (Å²) in [5, 5.41) is 16.0. The molecule has 1 aromatic carbocycles. The Hall–Kier alpha value is -2.70. The normalized spacial score (nSPS) is 19.1. The second-order valence-corrected chi connectivity index (χ2v) is 4.63. The third-order valence-electron chi connectivity index (χ3n) is 3.35. The van der Waals surface area contributed by atoms with Crippen molar-refractivity contribution in [3.05, 3.63) is 30.0 Å². The summed E-state index contributed by atoms with van der Waals surface area (Å²) in [6, 6.07) is 4.05. The lowest BCUT2D eigenvalue weighted by atomic mass is 10.1. The van der Waals surface area contributed by atoms with E-state index in [1.165, 1.54) is 23.0 Å². The maximum absolute atomic E-state index is 11.8. The molecule has 0 spiro atoms. The molecular weight excluding hydrogens is 262 g/mol. The maximum Gasteiger partial charge on any atom is 0.335 e. The molecule has 20 heavy (non-hydrogen) atoms. The Kier molecular flexibility index (Phi) is 2.74. The lowest BCUT2D eigenvalue weighted by Crippen LogP contribution is -2.42. The first-order valence-corrected chi connectivity index (χ1v) is 6.10. The van der Waals surface area contributed by atoms with Crippen LogP contribution in [0.15, 0.2) is 24.4 Å². The number of rotatable bonds is 2. The molecule has 0 saturated carbocycles. The molecule has 102 valence electrons. The van der Waals surface area contributed by atoms with Gasteiger partial charge in [-0.05, 0) is 24.6 Å². The Morgan fingerprint density at radius 1 is 1.40 bits per heavy atom. The highest BCUT2D eigenvalue weighted by Crippen LogP contribution is 2.24. The van der Waals surface area contributed by atoms with Crippen LogP contribution in [0, 0.1) is 0 Å². The molecule has 0 aliphatic carbocycles. The van der Waals surface area contributed by atoms with Gasteiger partial charge in [-0.1, -0.05) is 0 Å². The van der Waals surface area contributed by atoms with Crippen LogP contribution in [0.25, 0.3) is 10.9 Å². The number of carboxylic acids is 1. The van der Waals surface area contributed by atoms with Crippen LogP contribution in [0.1, 0.15) is 29.2 Å². The first-order valence-electron chi connectivity index (χ1n) is 6.10. The molecular formula is C13H11N3O4. The first kappa shape index (κ1) is 12.3. The second kappa shape index (κ2) is 4.44. The van der Waals surface area contributed by atoms with Crippen LogP contribution < -0.4 is 5.32 Å². The number of hydrogen-bond acceptors (Lipinski definition) is 4. The van der Waals surface area contributed by atoms with Crippen molar-refractivity contribution in [2.45, 2.75) is 18.9 Å². The summed E-state index contributed by atoms with van der Waals surface area (Å²) < 4.78 is 1.53. The Balaban J connectivity index is 2.02. The van der Waals surface area contributed by atoms with Gasteiger partial charge in [0.15, 0.2) is 0 Å². The number of nitrogens with zero attached hydrogens (tertiary/aromatic N) is 2. The fraction of sp³-hybridized carbons (Fsp3) is 0.231. The summed E-state index contributed by atoms with van der Waals surface area (Å²) in [5.74, 6) is -1.68. The van der Waals surface area contributed by atoms with Crippen molar-refractivity contribution in [2.24, 2.45) is 0 Å². The Bertz CT molecular complexity index is 734. The highest BCUT2D eigenvalue weighted by Gasteiger charge is 2.29. The van der Waals surface area contributed by atoms with E-state index in [9.17, 15) is 14.4 Å². The second-order valence-electron chi connectivity index (χ2n) is 4.63. The highest BCUT2D eigenvalue weighted by molar-refractivity contribution is 6.00. The van der Waals surface area contributed by atoms with Gasteiger partial charge in [-0.15, -0.1) is 0 Å². The molecule has 7 heteroatoms. The number of piperidine rings is 1. The molecule has 1 fully saturated rings. The quantitative estimate of drug-likeness (QED) is 0.785. The molecule has 1 saturated heterocycles. The van der Waals surface area contributed by atoms with Gasteiger partial charge in [0.05, 0.1) is 17.3 Å². The first-order chi connectivity index (χ1) is 9.56. The summed E-state index contributed by atoms with van der Waals surface area (Å²) in [5.41, 5.74) is 0.838. The number of hydrogen-bond donors (Lipinski definition) is 2. The molecule has 2 amide bonds. The van der Waals surface area contributed by atoms with Crippen molar-refractivity contribution in [1.82, 2.24) is 15.1 Å². The van der Waals surface area contributed by atoms with E-state index in [1.807, 2.05) is 0 Å². The van der Waals surface area contributed by atoms with Gasteiger partial charge in [0.1, 0.15) is 6.04 Å². The van der Waals surface area contributed by atoms with Crippen molar-refractivity contribution in [3.63, 3.8) is 0 Å². The summed E-state index contributed by atoms with van der Waals surface area (Å²) in [4.78, 5) is 33.9. The highest BCUT2D eigenvalue weighted by atomic mass is 16.4. The number of amides is 2. The van der Waals surface area contributed by atoms with Crippen molar-refractivity contribution >= 4 is 28.7 Å². The maximum atomic E-state index is 11.8. The van der Waals surface area contributed by atoms with E-state index < -0.39 is 12.0 Å². The van der Waals surface area contributed by atoms with Crippen molar-refractivity contribution in [1.29, 1.82) is 0 Å². The van der Waals surface area contributed by atoms with Gasteiger partial charge in [-0.25, -0.2) is 4.79 Å². The smallest absolute Gasteiger partial charge is 0.335 e. The third-order valence-corrected chi connectivity index (χ3v) is 3.35. The van der Waals surface area contributed by atoms with E-state index in [4.69, 9.17) is 5.11 Å². The minimum Gasteiger partial charge on any atom is -0.478 e. The van der Waals surface area contributed by atoms with E-state index in [0.717, 1.165) is 0 Å². The summed E-state index contributed by atoms with van der Waals surface area (Å²) in [7, 11) is 0. The zero-order valence-electron chi connectivity index (χ0n) is 10.4. The van der Waals surface area contributed by atoms with Crippen LogP contribution in [0.4, 0.5) is 0 Å². The average Bonchev–Trinajstić information content (AvgIpc) is 2.81. The van der Waals surface area contributed by atoms with Gasteiger partial charge in [0, 0.05) is 11.8 Å². The monoisotopic (exact) mass is 273 g/mol. The van der Waals surface area contributed by atoms with Gasteiger partial charge in [-0.3, -0.25) is 19.6 Å². The minimum atomic E-state index is -1.01. The van der Waals surface area contributed by atoms with Crippen molar-refractivity contribution < 1.29 is 19.5 Å². The fourth-order valence-electron chi connectivity index (χ4n) is 2.35. The Labute approximate surface area is 113 Å². The van der Waals surface area contributed by atoms with Crippen LogP contribution in [-0.2, 0) is 9.59 Å².